The average Bonchev–Trinajstić information content (AvgIpc) is 2.51. The van der Waals surface area contributed by atoms with Gasteiger partial charge in [0.05, 0.1) is 0 Å². The number of anilines is 1. The van der Waals surface area contributed by atoms with Crippen molar-refractivity contribution >= 4 is 5.69 Å². The van der Waals surface area contributed by atoms with Crippen molar-refractivity contribution in [3.8, 4) is 0 Å². The van der Waals surface area contributed by atoms with Gasteiger partial charge < -0.3 is 15.5 Å². The van der Waals surface area contributed by atoms with Crippen LogP contribution in [0, 0.1) is 0 Å². The topological polar surface area (TPSA) is 52.5 Å². The molecular formula is C11H15NO2. The molecule has 0 saturated heterocycles. The van der Waals surface area contributed by atoms with Crippen LogP contribution in [0.4, 0.5) is 5.69 Å². The van der Waals surface area contributed by atoms with E-state index >= 15 is 0 Å². The van der Waals surface area contributed by atoms with Gasteiger partial charge in [0.2, 0.25) is 0 Å². The highest BCUT2D eigenvalue weighted by molar-refractivity contribution is 5.58. The summed E-state index contributed by atoms with van der Waals surface area (Å²) in [5, 5.41) is 21.5. The van der Waals surface area contributed by atoms with Crippen molar-refractivity contribution in [2.75, 3.05) is 11.9 Å². The molecule has 0 bridgehead atoms. The van der Waals surface area contributed by atoms with Gasteiger partial charge in [0, 0.05) is 18.2 Å². The Kier molecular flexibility index (Phi) is 2.70. The monoisotopic (exact) mass is 193 g/mol. The highest BCUT2D eigenvalue weighted by Crippen LogP contribution is 2.37. The minimum Gasteiger partial charge on any atom is -0.396 e. The first-order chi connectivity index (χ1) is 6.83. The highest BCUT2D eigenvalue weighted by atomic mass is 16.3. The Bertz CT molecular complexity index is 314. The van der Waals surface area contributed by atoms with Crippen LogP contribution in [0.1, 0.15) is 24.3 Å². The van der Waals surface area contributed by atoms with Gasteiger partial charge >= 0.3 is 0 Å². The molecule has 2 rings (SSSR count). The summed E-state index contributed by atoms with van der Waals surface area (Å²) in [7, 11) is 0. The van der Waals surface area contributed by atoms with Crippen molar-refractivity contribution in [1.82, 2.24) is 0 Å². The molecule has 0 radical (unpaired) electrons. The molecule has 76 valence electrons. The lowest BCUT2D eigenvalue weighted by Crippen LogP contribution is -2.19. The van der Waals surface area contributed by atoms with Crippen molar-refractivity contribution in [2.24, 2.45) is 0 Å². The second-order valence-corrected chi connectivity index (χ2v) is 3.65. The van der Waals surface area contributed by atoms with Crippen LogP contribution in [0.15, 0.2) is 24.3 Å². The van der Waals surface area contributed by atoms with Crippen LogP contribution < -0.4 is 5.32 Å². The number of hydrogen-bond acceptors (Lipinski definition) is 3. The van der Waals surface area contributed by atoms with E-state index in [1.54, 1.807) is 0 Å². The Morgan fingerprint density at radius 2 is 2.07 bits per heavy atom. The van der Waals surface area contributed by atoms with E-state index < -0.39 is 6.23 Å². The first-order valence-electron chi connectivity index (χ1n) is 4.97. The lowest BCUT2D eigenvalue weighted by atomic mass is 9.95. The van der Waals surface area contributed by atoms with Gasteiger partial charge in [-0.05, 0) is 24.5 Å². The van der Waals surface area contributed by atoms with E-state index in [0.717, 1.165) is 24.1 Å². The minimum absolute atomic E-state index is 0.123. The highest BCUT2D eigenvalue weighted by Gasteiger charge is 2.29. The van der Waals surface area contributed by atoms with E-state index in [0.29, 0.717) is 0 Å². The van der Waals surface area contributed by atoms with Crippen LogP contribution in [0.3, 0.4) is 0 Å². The normalized spacial score (nSPS) is 24.4. The Balaban J connectivity index is 2.17. The van der Waals surface area contributed by atoms with E-state index in [-0.39, 0.29) is 12.5 Å². The van der Waals surface area contributed by atoms with Crippen molar-refractivity contribution in [2.45, 2.75) is 25.0 Å². The molecule has 0 fully saturated rings. The maximum Gasteiger partial charge on any atom is 0.131 e. The quantitative estimate of drug-likeness (QED) is 0.678. The number of aliphatic hydroxyl groups is 2. The van der Waals surface area contributed by atoms with Crippen LogP contribution in [0.25, 0.3) is 0 Å². The Labute approximate surface area is 83.4 Å². The second kappa shape index (κ2) is 3.98. The maximum absolute atomic E-state index is 9.74. The molecule has 3 heteroatoms. The van der Waals surface area contributed by atoms with Crippen LogP contribution in [-0.2, 0) is 0 Å². The molecule has 1 aromatic rings. The van der Waals surface area contributed by atoms with E-state index in [1.807, 2.05) is 24.3 Å². The summed E-state index contributed by atoms with van der Waals surface area (Å²) in [5.41, 5.74) is 2.18. The molecule has 2 atom stereocenters. The number of hydrogen-bond donors (Lipinski definition) is 3. The van der Waals surface area contributed by atoms with Gasteiger partial charge in [-0.2, -0.15) is 0 Å². The van der Waals surface area contributed by atoms with Crippen LogP contribution in [-0.4, -0.2) is 23.0 Å². The van der Waals surface area contributed by atoms with Gasteiger partial charge in [0.15, 0.2) is 0 Å². The van der Waals surface area contributed by atoms with Gasteiger partial charge in [0.1, 0.15) is 6.23 Å². The molecular weight excluding hydrogens is 178 g/mol. The molecule has 3 nitrogen and oxygen atoms in total. The van der Waals surface area contributed by atoms with E-state index in [1.165, 1.54) is 0 Å². The fourth-order valence-corrected chi connectivity index (χ4v) is 2.01. The zero-order valence-electron chi connectivity index (χ0n) is 7.98. The van der Waals surface area contributed by atoms with Gasteiger partial charge in [-0.1, -0.05) is 18.2 Å². The Morgan fingerprint density at radius 1 is 1.29 bits per heavy atom. The number of nitrogens with one attached hydrogen (secondary N) is 1. The fraction of sp³-hybridized carbons (Fsp3) is 0.455. The standard InChI is InChI=1S/C11H15NO2/c13-7-3-5-9-8-4-1-2-6-10(8)12-11(9)14/h1-2,4,6,9,11-14H,3,5,7H2. The molecule has 1 heterocycles. The zero-order chi connectivity index (χ0) is 9.97. The summed E-state index contributed by atoms with van der Waals surface area (Å²) in [6.45, 7) is 0.186. The summed E-state index contributed by atoms with van der Waals surface area (Å²) in [5.74, 6) is 0.123. The van der Waals surface area contributed by atoms with Crippen LogP contribution >= 0.6 is 0 Å². The number of rotatable bonds is 3. The number of fused-ring (bicyclic) bond motifs is 1. The van der Waals surface area contributed by atoms with Crippen molar-refractivity contribution < 1.29 is 10.2 Å². The first-order valence-corrected chi connectivity index (χ1v) is 4.97. The molecule has 0 aromatic heterocycles. The molecule has 0 spiro atoms. The SMILES string of the molecule is OCCCC1c2ccccc2NC1O. The predicted molar refractivity (Wildman–Crippen MR) is 55.1 cm³/mol. The smallest absolute Gasteiger partial charge is 0.131 e. The predicted octanol–water partition coefficient (Wildman–Crippen LogP) is 1.29. The fourth-order valence-electron chi connectivity index (χ4n) is 2.01. The zero-order valence-corrected chi connectivity index (χ0v) is 7.98. The van der Waals surface area contributed by atoms with Gasteiger partial charge in [-0.25, -0.2) is 0 Å². The average molecular weight is 193 g/mol. The summed E-state index contributed by atoms with van der Waals surface area (Å²) in [6.07, 6.45) is 1.05. The molecule has 1 aliphatic heterocycles. The molecule has 0 amide bonds. The Hall–Kier alpha value is -1.06. The van der Waals surface area contributed by atoms with Crippen molar-refractivity contribution in [3.05, 3.63) is 29.8 Å². The van der Waals surface area contributed by atoms with Crippen molar-refractivity contribution in [3.63, 3.8) is 0 Å². The van der Waals surface area contributed by atoms with Gasteiger partial charge in [-0.15, -0.1) is 0 Å². The van der Waals surface area contributed by atoms with Gasteiger partial charge in [0.25, 0.3) is 0 Å². The third-order valence-corrected chi connectivity index (χ3v) is 2.72. The lowest BCUT2D eigenvalue weighted by Gasteiger charge is -2.13. The Morgan fingerprint density at radius 3 is 2.86 bits per heavy atom. The number of aliphatic hydroxyl groups excluding tert-OH is 2. The van der Waals surface area contributed by atoms with E-state index in [4.69, 9.17) is 5.11 Å². The summed E-state index contributed by atoms with van der Waals surface area (Å²) in [6, 6.07) is 7.93. The molecule has 0 saturated carbocycles. The third-order valence-electron chi connectivity index (χ3n) is 2.72. The van der Waals surface area contributed by atoms with Crippen LogP contribution in [0.5, 0.6) is 0 Å². The summed E-state index contributed by atoms with van der Waals surface area (Å²) in [4.78, 5) is 0. The van der Waals surface area contributed by atoms with Crippen molar-refractivity contribution in [1.29, 1.82) is 0 Å². The van der Waals surface area contributed by atoms with E-state index in [2.05, 4.69) is 5.32 Å². The first kappa shape index (κ1) is 9.49. The third kappa shape index (κ3) is 1.61. The van der Waals surface area contributed by atoms with E-state index in [9.17, 15) is 5.11 Å². The minimum atomic E-state index is -0.501. The van der Waals surface area contributed by atoms with Gasteiger partial charge in [-0.3, -0.25) is 0 Å². The van der Waals surface area contributed by atoms with Crippen LogP contribution in [0.2, 0.25) is 0 Å². The second-order valence-electron chi connectivity index (χ2n) is 3.65. The molecule has 1 aliphatic rings. The molecule has 1 aromatic carbocycles. The molecule has 14 heavy (non-hydrogen) atoms. The summed E-state index contributed by atoms with van der Waals surface area (Å²) < 4.78 is 0. The molecule has 2 unspecified atom stereocenters. The number of para-hydroxylation sites is 1. The number of benzene rings is 1. The maximum atomic E-state index is 9.74. The largest absolute Gasteiger partial charge is 0.396 e. The molecule has 3 N–H and O–H groups in total. The summed E-state index contributed by atoms with van der Waals surface area (Å²) >= 11 is 0. The lowest BCUT2D eigenvalue weighted by molar-refractivity contribution is 0.168. The molecule has 0 aliphatic carbocycles.